The van der Waals surface area contributed by atoms with Crippen LogP contribution in [0.3, 0.4) is 0 Å². The third-order valence-electron chi connectivity index (χ3n) is 2.14. The average Bonchev–Trinajstić information content (AvgIpc) is 2.58. The van der Waals surface area contributed by atoms with E-state index in [0.29, 0.717) is 5.56 Å². The van der Waals surface area contributed by atoms with Crippen molar-refractivity contribution in [3.63, 3.8) is 0 Å². The van der Waals surface area contributed by atoms with E-state index in [9.17, 15) is 9.90 Å². The van der Waals surface area contributed by atoms with Crippen molar-refractivity contribution < 1.29 is 14.6 Å². The number of carbonyl (C=O) groups is 1. The molecule has 0 fully saturated rings. The Bertz CT molecular complexity index is 356. The van der Waals surface area contributed by atoms with Gasteiger partial charge in [-0.15, -0.1) is 0 Å². The van der Waals surface area contributed by atoms with Crippen LogP contribution in [0.25, 0.3) is 0 Å². The Hall–Kier alpha value is -1.51. The molecule has 0 unspecified atom stereocenters. The molecule has 3 heteroatoms. The summed E-state index contributed by atoms with van der Waals surface area (Å²) in [6.07, 6.45) is 0. The van der Waals surface area contributed by atoms with E-state index in [1.165, 1.54) is 6.07 Å². The van der Waals surface area contributed by atoms with Crippen LogP contribution in [0.15, 0.2) is 12.1 Å². The van der Waals surface area contributed by atoms with Crippen molar-refractivity contribution in [1.29, 1.82) is 0 Å². The van der Waals surface area contributed by atoms with Crippen LogP contribution in [-0.2, 0) is 11.3 Å². The first kappa shape index (κ1) is 10.6. The van der Waals surface area contributed by atoms with Crippen LogP contribution in [0.1, 0.15) is 35.3 Å². The van der Waals surface area contributed by atoms with Crippen LogP contribution in [0, 0.1) is 6.92 Å². The van der Waals surface area contributed by atoms with Crippen LogP contribution in [0.4, 0.5) is 0 Å². The van der Waals surface area contributed by atoms with Crippen molar-refractivity contribution in [3.8, 4) is 5.75 Å². The van der Waals surface area contributed by atoms with Gasteiger partial charge in [-0.05, 0) is 24.6 Å². The molecule has 1 N–H and O–H groups in total. The van der Waals surface area contributed by atoms with Gasteiger partial charge in [-0.1, -0.05) is 13.8 Å². The topological polar surface area (TPSA) is 46.5 Å². The van der Waals surface area contributed by atoms with Gasteiger partial charge in [0.1, 0.15) is 12.4 Å². The summed E-state index contributed by atoms with van der Waals surface area (Å²) in [6, 6.07) is 3.10. The zero-order chi connectivity index (χ0) is 10.7. The van der Waals surface area contributed by atoms with E-state index >= 15 is 0 Å². The fourth-order valence-corrected chi connectivity index (χ4v) is 1.34. The monoisotopic (exact) mass is 194 g/mol. The molecule has 3 nitrogen and oxygen atoms in total. The third kappa shape index (κ3) is 1.58. The minimum atomic E-state index is -0.298. The first-order valence-electron chi connectivity index (χ1n) is 4.68. The lowest BCUT2D eigenvalue weighted by atomic mass is 10.0. The van der Waals surface area contributed by atoms with Crippen LogP contribution in [0.5, 0.6) is 5.75 Å². The van der Waals surface area contributed by atoms with Crippen molar-refractivity contribution in [2.45, 2.75) is 27.4 Å². The number of cyclic esters (lactones) is 1. The summed E-state index contributed by atoms with van der Waals surface area (Å²) in [5, 5.41) is 9.30. The van der Waals surface area contributed by atoms with Gasteiger partial charge in [0, 0.05) is 5.56 Å². The Kier molecular flexibility index (Phi) is 3.12. The molecule has 0 saturated heterocycles. The minimum absolute atomic E-state index is 0.215. The summed E-state index contributed by atoms with van der Waals surface area (Å²) in [5.74, 6) is -0.0832. The highest BCUT2D eigenvalue weighted by molar-refractivity contribution is 5.94. The van der Waals surface area contributed by atoms with Gasteiger partial charge < -0.3 is 9.84 Å². The van der Waals surface area contributed by atoms with Gasteiger partial charge in [-0.25, -0.2) is 4.79 Å². The highest BCUT2D eigenvalue weighted by Crippen LogP contribution is 2.28. The molecular weight excluding hydrogens is 180 g/mol. The predicted molar refractivity (Wildman–Crippen MR) is 53.3 cm³/mol. The SMILES string of the molecule is CC.Cc1c(O)ccc2c1COC2=O. The minimum Gasteiger partial charge on any atom is -0.508 e. The summed E-state index contributed by atoms with van der Waals surface area (Å²) in [7, 11) is 0. The Balaban J connectivity index is 0.000000461. The number of benzene rings is 1. The predicted octanol–water partition coefficient (Wildman–Crippen LogP) is 2.40. The van der Waals surface area contributed by atoms with Gasteiger partial charge >= 0.3 is 5.97 Å². The number of rotatable bonds is 0. The van der Waals surface area contributed by atoms with E-state index in [2.05, 4.69) is 0 Å². The zero-order valence-electron chi connectivity index (χ0n) is 8.63. The summed E-state index contributed by atoms with van der Waals surface area (Å²) in [4.78, 5) is 11.0. The molecule has 0 aliphatic carbocycles. The summed E-state index contributed by atoms with van der Waals surface area (Å²) in [5.41, 5.74) is 2.11. The van der Waals surface area contributed by atoms with Crippen molar-refractivity contribution in [3.05, 3.63) is 28.8 Å². The van der Waals surface area contributed by atoms with Gasteiger partial charge in [-0.2, -0.15) is 0 Å². The van der Waals surface area contributed by atoms with Gasteiger partial charge in [-0.3, -0.25) is 0 Å². The molecule has 1 aromatic rings. The summed E-state index contributed by atoms with van der Waals surface area (Å²) < 4.78 is 4.81. The molecule has 0 radical (unpaired) electrons. The number of hydrogen-bond donors (Lipinski definition) is 1. The van der Waals surface area contributed by atoms with Crippen LogP contribution < -0.4 is 0 Å². The number of hydrogen-bond acceptors (Lipinski definition) is 3. The summed E-state index contributed by atoms with van der Waals surface area (Å²) >= 11 is 0. The Morgan fingerprint density at radius 3 is 2.64 bits per heavy atom. The highest BCUT2D eigenvalue weighted by Gasteiger charge is 2.23. The van der Waals surface area contributed by atoms with Crippen molar-refractivity contribution in [2.24, 2.45) is 0 Å². The van der Waals surface area contributed by atoms with E-state index in [-0.39, 0.29) is 18.3 Å². The average molecular weight is 194 g/mol. The molecule has 76 valence electrons. The Morgan fingerprint density at radius 2 is 2.00 bits per heavy atom. The molecule has 2 rings (SSSR count). The van der Waals surface area contributed by atoms with E-state index in [1.807, 2.05) is 13.8 Å². The van der Waals surface area contributed by atoms with Gasteiger partial charge in [0.15, 0.2) is 0 Å². The number of ether oxygens (including phenoxy) is 1. The fraction of sp³-hybridized carbons (Fsp3) is 0.364. The van der Waals surface area contributed by atoms with E-state index < -0.39 is 0 Å². The first-order chi connectivity index (χ1) is 6.70. The molecule has 0 saturated carbocycles. The van der Waals surface area contributed by atoms with Crippen molar-refractivity contribution in [2.75, 3.05) is 0 Å². The standard InChI is InChI=1S/C9H8O3.C2H6/c1-5-7-4-12-9(11)6(7)2-3-8(5)10;1-2/h2-3,10H,4H2,1H3;1-2H3. The maximum Gasteiger partial charge on any atom is 0.338 e. The maximum atomic E-state index is 11.0. The molecule has 0 bridgehead atoms. The number of aromatic hydroxyl groups is 1. The van der Waals surface area contributed by atoms with E-state index in [0.717, 1.165) is 11.1 Å². The van der Waals surface area contributed by atoms with Gasteiger partial charge in [0.05, 0.1) is 5.56 Å². The van der Waals surface area contributed by atoms with Crippen molar-refractivity contribution in [1.82, 2.24) is 0 Å². The smallest absolute Gasteiger partial charge is 0.338 e. The quantitative estimate of drug-likeness (QED) is 0.645. The molecule has 1 aromatic carbocycles. The molecule has 1 heterocycles. The van der Waals surface area contributed by atoms with Crippen LogP contribution in [-0.4, -0.2) is 11.1 Å². The number of phenols is 1. The molecule has 1 aliphatic rings. The van der Waals surface area contributed by atoms with Crippen LogP contribution >= 0.6 is 0 Å². The second-order valence-corrected chi connectivity index (χ2v) is 2.81. The van der Waals surface area contributed by atoms with E-state index in [1.54, 1.807) is 13.0 Å². The maximum absolute atomic E-state index is 11.0. The first-order valence-corrected chi connectivity index (χ1v) is 4.68. The molecule has 14 heavy (non-hydrogen) atoms. The zero-order valence-corrected chi connectivity index (χ0v) is 8.63. The lowest BCUT2D eigenvalue weighted by Crippen LogP contribution is -1.93. The molecule has 0 amide bonds. The Morgan fingerprint density at radius 1 is 1.36 bits per heavy atom. The molecule has 0 aromatic heterocycles. The van der Waals surface area contributed by atoms with Crippen LogP contribution in [0.2, 0.25) is 0 Å². The fourth-order valence-electron chi connectivity index (χ4n) is 1.34. The number of fused-ring (bicyclic) bond motifs is 1. The lowest BCUT2D eigenvalue weighted by Gasteiger charge is -2.01. The van der Waals surface area contributed by atoms with Crippen molar-refractivity contribution >= 4 is 5.97 Å². The second-order valence-electron chi connectivity index (χ2n) is 2.81. The Labute approximate surface area is 83.3 Å². The highest BCUT2D eigenvalue weighted by atomic mass is 16.5. The summed E-state index contributed by atoms with van der Waals surface area (Å²) in [6.45, 7) is 6.06. The molecule has 0 atom stereocenters. The third-order valence-corrected chi connectivity index (χ3v) is 2.14. The second kappa shape index (κ2) is 4.13. The normalized spacial score (nSPS) is 12.6. The molecule has 1 aliphatic heterocycles. The largest absolute Gasteiger partial charge is 0.508 e. The number of carbonyl (C=O) groups excluding carboxylic acids is 1. The molecule has 0 spiro atoms. The number of esters is 1. The van der Waals surface area contributed by atoms with E-state index in [4.69, 9.17) is 4.74 Å². The van der Waals surface area contributed by atoms with Gasteiger partial charge in [0.25, 0.3) is 0 Å². The molecular formula is C11H14O3. The lowest BCUT2D eigenvalue weighted by molar-refractivity contribution is 0.0535. The van der Waals surface area contributed by atoms with Gasteiger partial charge in [0.2, 0.25) is 0 Å². The number of phenolic OH excluding ortho intramolecular Hbond substituents is 1.